The Hall–Kier alpha value is -3.25. The van der Waals surface area contributed by atoms with Crippen LogP contribution in [-0.4, -0.2) is 79.1 Å². The maximum atomic E-state index is 13.3. The van der Waals surface area contributed by atoms with Crippen LogP contribution in [0, 0.1) is 44.6 Å². The molecule has 11 nitrogen and oxygen atoms in total. The molecular weight excluding hydrogens is 454 g/mol. The Bertz CT molecular complexity index is 946. The Morgan fingerprint density at radius 2 is 1.42 bits per heavy atom. The van der Waals surface area contributed by atoms with E-state index in [9.17, 15) is 30.2 Å². The molecule has 0 spiro atoms. The minimum atomic E-state index is -1.46. The van der Waals surface area contributed by atoms with Gasteiger partial charge in [0.25, 0.3) is 5.69 Å². The summed E-state index contributed by atoms with van der Waals surface area (Å²) in [4.78, 5) is 40.2. The van der Waals surface area contributed by atoms with Crippen molar-refractivity contribution in [3.05, 3.63) is 38.9 Å². The summed E-state index contributed by atoms with van der Waals surface area (Å²) in [7, 11) is 0. The van der Waals surface area contributed by atoms with Gasteiger partial charge >= 0.3 is 0 Å². The first-order valence-electron chi connectivity index (χ1n) is 10.3. The zero-order valence-electron chi connectivity index (χ0n) is 17.7. The van der Waals surface area contributed by atoms with Crippen LogP contribution in [0.1, 0.15) is 11.5 Å². The number of nitro groups is 1. The zero-order chi connectivity index (χ0) is 24.0. The summed E-state index contributed by atoms with van der Waals surface area (Å²) in [5.74, 6) is -5.39. The Morgan fingerprint density at radius 1 is 0.970 bits per heavy atom. The monoisotopic (exact) mass is 475 g/mol. The van der Waals surface area contributed by atoms with Crippen molar-refractivity contribution in [2.24, 2.45) is 11.8 Å². The Labute approximate surface area is 195 Å². The maximum absolute atomic E-state index is 13.3. The summed E-state index contributed by atoms with van der Waals surface area (Å²) in [5.41, 5.74) is -0.294. The lowest BCUT2D eigenvalue weighted by Crippen LogP contribution is -2.48. The number of carbonyl (C=O) groups excluding carboxylic acids is 2. The molecule has 2 aliphatic heterocycles. The van der Waals surface area contributed by atoms with Crippen molar-refractivity contribution in [2.45, 2.75) is 5.92 Å². The third-order valence-electron chi connectivity index (χ3n) is 5.72. The Kier molecular flexibility index (Phi) is 8.17. The van der Waals surface area contributed by atoms with Crippen LogP contribution in [0.3, 0.4) is 0 Å². The minimum absolute atomic E-state index is 0.0238. The van der Waals surface area contributed by atoms with Gasteiger partial charge in [-0.15, -0.1) is 0 Å². The molecule has 1 unspecified atom stereocenters. The summed E-state index contributed by atoms with van der Waals surface area (Å²) in [6.45, 7) is 2.17. The predicted molar refractivity (Wildman–Crippen MR) is 114 cm³/mol. The van der Waals surface area contributed by atoms with Gasteiger partial charge < -0.3 is 19.3 Å². The fourth-order valence-corrected chi connectivity index (χ4v) is 4.23. The molecule has 33 heavy (non-hydrogen) atoms. The molecule has 0 saturated carbocycles. The van der Waals surface area contributed by atoms with Gasteiger partial charge in [-0.05, 0) is 11.6 Å². The van der Waals surface area contributed by atoms with Crippen LogP contribution in [-0.2, 0) is 19.1 Å². The van der Waals surface area contributed by atoms with E-state index in [4.69, 9.17) is 21.1 Å². The molecule has 174 valence electrons. The lowest BCUT2D eigenvalue weighted by Gasteiger charge is -2.35. The number of ether oxygens (including phenoxy) is 2. The van der Waals surface area contributed by atoms with Gasteiger partial charge in [-0.2, -0.15) is 10.5 Å². The van der Waals surface area contributed by atoms with E-state index < -0.39 is 34.5 Å². The Balaban J connectivity index is 2.08. The number of rotatable bonds is 6. The van der Waals surface area contributed by atoms with Crippen LogP contribution >= 0.6 is 11.6 Å². The van der Waals surface area contributed by atoms with Crippen LogP contribution in [0.4, 0.5) is 5.69 Å². The van der Waals surface area contributed by atoms with Crippen LogP contribution in [0.25, 0.3) is 0 Å². The number of morpholine rings is 2. The van der Waals surface area contributed by atoms with E-state index >= 15 is 0 Å². The average Bonchev–Trinajstić information content (AvgIpc) is 2.85. The molecule has 2 amide bonds. The van der Waals surface area contributed by atoms with Crippen LogP contribution in [0.15, 0.2) is 18.2 Å². The molecule has 2 aliphatic rings. The summed E-state index contributed by atoms with van der Waals surface area (Å²) < 4.78 is 10.5. The molecule has 0 aromatic heterocycles. The van der Waals surface area contributed by atoms with Crippen molar-refractivity contribution in [1.82, 2.24) is 9.80 Å². The highest BCUT2D eigenvalue weighted by atomic mass is 35.5. The number of nitrogens with zero attached hydrogens (tertiary/aromatic N) is 5. The molecule has 0 N–H and O–H groups in total. The zero-order valence-corrected chi connectivity index (χ0v) is 18.4. The molecule has 12 heteroatoms. The van der Waals surface area contributed by atoms with E-state index in [-0.39, 0.29) is 42.5 Å². The van der Waals surface area contributed by atoms with Crippen molar-refractivity contribution < 1.29 is 24.0 Å². The molecule has 1 aromatic carbocycles. The van der Waals surface area contributed by atoms with Gasteiger partial charge in [0.15, 0.2) is 0 Å². The number of nitro benzene ring substituents is 1. The van der Waals surface area contributed by atoms with E-state index in [0.29, 0.717) is 26.4 Å². The highest BCUT2D eigenvalue weighted by Gasteiger charge is 2.44. The molecule has 2 heterocycles. The van der Waals surface area contributed by atoms with Gasteiger partial charge in [0.05, 0.1) is 43.5 Å². The number of non-ortho nitro benzene ring substituents is 1. The topological polar surface area (TPSA) is 150 Å². The minimum Gasteiger partial charge on any atom is -0.378 e. The van der Waals surface area contributed by atoms with Crippen molar-refractivity contribution in [3.63, 3.8) is 0 Å². The molecule has 0 radical (unpaired) electrons. The summed E-state index contributed by atoms with van der Waals surface area (Å²) in [6.07, 6.45) is 0. The van der Waals surface area contributed by atoms with Crippen molar-refractivity contribution >= 4 is 29.1 Å². The number of benzene rings is 1. The van der Waals surface area contributed by atoms with Crippen LogP contribution < -0.4 is 0 Å². The van der Waals surface area contributed by atoms with Gasteiger partial charge in [0.2, 0.25) is 11.8 Å². The van der Waals surface area contributed by atoms with E-state index in [1.165, 1.54) is 21.9 Å². The third kappa shape index (κ3) is 5.40. The Morgan fingerprint density at radius 3 is 1.82 bits per heavy atom. The molecule has 0 aliphatic carbocycles. The van der Waals surface area contributed by atoms with E-state index in [0.717, 1.165) is 6.07 Å². The first kappa shape index (κ1) is 24.4. The molecular formula is C21H22ClN5O6. The van der Waals surface area contributed by atoms with E-state index in [2.05, 4.69) is 0 Å². The number of hydrogen-bond acceptors (Lipinski definition) is 8. The number of halogens is 1. The maximum Gasteiger partial charge on any atom is 0.269 e. The molecule has 2 saturated heterocycles. The fourth-order valence-electron chi connectivity index (χ4n) is 3.99. The number of nitriles is 2. The quantitative estimate of drug-likeness (QED) is 0.441. The normalized spacial score (nSPS) is 19.0. The van der Waals surface area contributed by atoms with Crippen molar-refractivity contribution in [1.29, 1.82) is 10.5 Å². The average molecular weight is 476 g/mol. The number of amides is 2. The highest BCUT2D eigenvalue weighted by Crippen LogP contribution is 2.40. The first-order chi connectivity index (χ1) is 15.9. The van der Waals surface area contributed by atoms with E-state index in [1.807, 2.05) is 12.1 Å². The third-order valence-corrected chi connectivity index (χ3v) is 6.07. The lowest BCUT2D eigenvalue weighted by molar-refractivity contribution is -0.384. The second-order valence-electron chi connectivity index (χ2n) is 7.58. The standard InChI is InChI=1S/C21H22ClN5O6/c22-18-2-1-14(27(30)31)11-15(18)19(16(12-23)20(28)25-3-7-32-8-4-25)17(13-24)21(29)26-5-9-33-10-6-26/h1-2,11,16-17,19H,3-10H2/t16-,17+,19?. The SMILES string of the molecule is N#C[C@H](C(=O)N1CCOCC1)C(c1cc([N+](=O)[O-])ccc1Cl)[C@@H](C#N)C(=O)N1CCOCC1. The van der Waals surface area contributed by atoms with Gasteiger partial charge in [-0.25, -0.2) is 0 Å². The first-order valence-corrected chi connectivity index (χ1v) is 10.7. The summed E-state index contributed by atoms with van der Waals surface area (Å²) in [6, 6.07) is 7.45. The van der Waals surface area contributed by atoms with Crippen molar-refractivity contribution in [2.75, 3.05) is 52.6 Å². The molecule has 3 atom stereocenters. The van der Waals surface area contributed by atoms with E-state index in [1.54, 1.807) is 0 Å². The predicted octanol–water partition coefficient (Wildman–Crippen LogP) is 1.33. The van der Waals surface area contributed by atoms with Gasteiger partial charge in [0, 0.05) is 49.3 Å². The van der Waals surface area contributed by atoms with Crippen molar-refractivity contribution in [3.8, 4) is 12.1 Å². The highest BCUT2D eigenvalue weighted by molar-refractivity contribution is 6.31. The molecule has 2 fully saturated rings. The second-order valence-corrected chi connectivity index (χ2v) is 7.98. The smallest absolute Gasteiger partial charge is 0.269 e. The molecule has 3 rings (SSSR count). The van der Waals surface area contributed by atoms with Crippen LogP contribution in [0.2, 0.25) is 5.02 Å². The van der Waals surface area contributed by atoms with Gasteiger partial charge in [-0.3, -0.25) is 19.7 Å². The second kappa shape index (κ2) is 11.1. The fraction of sp³-hybridized carbons (Fsp3) is 0.524. The summed E-state index contributed by atoms with van der Waals surface area (Å²) in [5, 5.41) is 31.4. The molecule has 1 aromatic rings. The van der Waals surface area contributed by atoms with Crippen LogP contribution in [0.5, 0.6) is 0 Å². The summed E-state index contributed by atoms with van der Waals surface area (Å²) >= 11 is 6.35. The largest absolute Gasteiger partial charge is 0.378 e. The number of carbonyl (C=O) groups is 2. The molecule has 0 bridgehead atoms. The van der Waals surface area contributed by atoms with Gasteiger partial charge in [0.1, 0.15) is 11.8 Å². The van der Waals surface area contributed by atoms with Gasteiger partial charge in [-0.1, -0.05) is 11.6 Å². The lowest BCUT2D eigenvalue weighted by atomic mass is 9.76. The number of hydrogen-bond donors (Lipinski definition) is 0.